The average molecular weight is 311 g/mol. The Bertz CT molecular complexity index is 646. The molecule has 0 aliphatic carbocycles. The van der Waals surface area contributed by atoms with E-state index in [9.17, 15) is 4.79 Å². The van der Waals surface area contributed by atoms with Crippen molar-refractivity contribution in [2.45, 2.75) is 39.0 Å². The zero-order chi connectivity index (χ0) is 16.9. The molecular formula is C21H29NO. The molecule has 0 spiro atoms. The van der Waals surface area contributed by atoms with Crippen LogP contribution in [0.25, 0.3) is 10.8 Å². The zero-order valence-corrected chi connectivity index (χ0v) is 14.9. The van der Waals surface area contributed by atoms with Crippen LogP contribution < -0.4 is 0 Å². The highest BCUT2D eigenvalue weighted by atomic mass is 16.1. The van der Waals surface area contributed by atoms with Gasteiger partial charge in [0.1, 0.15) is 6.29 Å². The Morgan fingerprint density at radius 3 is 2.48 bits per heavy atom. The summed E-state index contributed by atoms with van der Waals surface area (Å²) in [4.78, 5) is 14.6. The van der Waals surface area contributed by atoms with Crippen LogP contribution in [-0.4, -0.2) is 31.3 Å². The number of carbonyl (C=O) groups excluding carboxylic acids is 1. The van der Waals surface area contributed by atoms with Gasteiger partial charge in [0.2, 0.25) is 0 Å². The molecule has 0 aliphatic rings. The molecule has 2 rings (SSSR count). The number of benzene rings is 2. The predicted octanol–water partition coefficient (Wildman–Crippen LogP) is 4.66. The van der Waals surface area contributed by atoms with Gasteiger partial charge in [-0.2, -0.15) is 0 Å². The Morgan fingerprint density at radius 1 is 1.13 bits per heavy atom. The maximum absolute atomic E-state index is 12.4. The summed E-state index contributed by atoms with van der Waals surface area (Å²) >= 11 is 0. The monoisotopic (exact) mass is 311 g/mol. The third-order valence-corrected chi connectivity index (χ3v) is 5.44. The third-order valence-electron chi connectivity index (χ3n) is 5.44. The lowest BCUT2D eigenvalue weighted by Crippen LogP contribution is -2.39. The minimum atomic E-state index is -0.418. The van der Waals surface area contributed by atoms with Crippen LogP contribution in [0.3, 0.4) is 0 Å². The lowest BCUT2D eigenvalue weighted by atomic mass is 9.67. The van der Waals surface area contributed by atoms with E-state index in [1.807, 2.05) is 0 Å². The van der Waals surface area contributed by atoms with Gasteiger partial charge in [-0.3, -0.25) is 0 Å². The van der Waals surface area contributed by atoms with Crippen molar-refractivity contribution in [3.05, 3.63) is 48.0 Å². The van der Waals surface area contributed by atoms with Crippen LogP contribution in [0.1, 0.15) is 39.2 Å². The first-order chi connectivity index (χ1) is 11.1. The molecule has 0 saturated heterocycles. The molecule has 2 atom stereocenters. The van der Waals surface area contributed by atoms with E-state index in [1.54, 1.807) is 0 Å². The van der Waals surface area contributed by atoms with Crippen molar-refractivity contribution in [2.75, 3.05) is 20.1 Å². The van der Waals surface area contributed by atoms with Crippen molar-refractivity contribution in [2.24, 2.45) is 5.92 Å². The summed E-state index contributed by atoms with van der Waals surface area (Å²) < 4.78 is 0. The molecule has 0 heterocycles. The summed E-state index contributed by atoms with van der Waals surface area (Å²) in [6.07, 6.45) is 3.08. The molecule has 2 nitrogen and oxygen atoms in total. The molecule has 0 radical (unpaired) electrons. The van der Waals surface area contributed by atoms with Gasteiger partial charge in [-0.15, -0.1) is 0 Å². The summed E-state index contributed by atoms with van der Waals surface area (Å²) in [5, 5.41) is 2.42. The maximum Gasteiger partial charge on any atom is 0.130 e. The van der Waals surface area contributed by atoms with Gasteiger partial charge < -0.3 is 9.69 Å². The van der Waals surface area contributed by atoms with E-state index in [4.69, 9.17) is 0 Å². The van der Waals surface area contributed by atoms with E-state index < -0.39 is 5.41 Å². The molecule has 0 saturated carbocycles. The summed E-state index contributed by atoms with van der Waals surface area (Å²) in [7, 11) is 2.12. The molecule has 23 heavy (non-hydrogen) atoms. The number of rotatable bonds is 8. The lowest BCUT2D eigenvalue weighted by Gasteiger charge is -2.36. The first kappa shape index (κ1) is 17.7. The number of hydrogen-bond donors (Lipinski definition) is 0. The van der Waals surface area contributed by atoms with Crippen LogP contribution in [0.5, 0.6) is 0 Å². The van der Waals surface area contributed by atoms with Crippen LogP contribution in [0.4, 0.5) is 0 Å². The minimum Gasteiger partial charge on any atom is -0.307 e. The topological polar surface area (TPSA) is 20.3 Å². The Labute approximate surface area is 140 Å². The van der Waals surface area contributed by atoms with Crippen molar-refractivity contribution in [1.29, 1.82) is 0 Å². The van der Waals surface area contributed by atoms with Gasteiger partial charge in [0, 0.05) is 0 Å². The van der Waals surface area contributed by atoms with Gasteiger partial charge in [0.25, 0.3) is 0 Å². The van der Waals surface area contributed by atoms with Gasteiger partial charge in [-0.25, -0.2) is 0 Å². The number of aldehydes is 1. The molecule has 2 aromatic carbocycles. The molecule has 0 N–H and O–H groups in total. The molecule has 0 aromatic heterocycles. The van der Waals surface area contributed by atoms with E-state index in [1.165, 1.54) is 22.6 Å². The number of carbonyl (C=O) groups is 1. The Morgan fingerprint density at radius 2 is 1.83 bits per heavy atom. The average Bonchev–Trinajstić information content (AvgIpc) is 2.61. The SMILES string of the molecule is CCC(C)C(C=O)(CCN(C)CC)c1cccc2ccccc12. The van der Waals surface area contributed by atoms with E-state index >= 15 is 0 Å². The summed E-state index contributed by atoms with van der Waals surface area (Å²) in [5.74, 6) is 0.316. The number of fused-ring (bicyclic) bond motifs is 1. The standard InChI is InChI=1S/C21H29NO/c1-5-17(3)21(16-23,14-15-22(4)6-2)20-13-9-11-18-10-7-8-12-19(18)20/h7-13,16-17H,5-6,14-15H2,1-4H3. The van der Waals surface area contributed by atoms with Crippen molar-refractivity contribution in [3.63, 3.8) is 0 Å². The third kappa shape index (κ3) is 3.48. The Kier molecular flexibility index (Phi) is 5.95. The first-order valence-corrected chi connectivity index (χ1v) is 8.72. The fourth-order valence-corrected chi connectivity index (χ4v) is 3.41. The molecule has 2 unspecified atom stereocenters. The molecule has 2 heteroatoms. The van der Waals surface area contributed by atoms with Crippen LogP contribution in [0.2, 0.25) is 0 Å². The Hall–Kier alpha value is -1.67. The van der Waals surface area contributed by atoms with Gasteiger partial charge in [0.05, 0.1) is 5.41 Å². The molecule has 0 aliphatic heterocycles. The second kappa shape index (κ2) is 7.74. The number of nitrogens with zero attached hydrogens (tertiary/aromatic N) is 1. The summed E-state index contributed by atoms with van der Waals surface area (Å²) in [6, 6.07) is 14.8. The Balaban J connectivity index is 2.57. The van der Waals surface area contributed by atoms with Crippen LogP contribution in [-0.2, 0) is 10.2 Å². The fourth-order valence-electron chi connectivity index (χ4n) is 3.41. The molecule has 0 amide bonds. The molecule has 0 bridgehead atoms. The minimum absolute atomic E-state index is 0.316. The van der Waals surface area contributed by atoms with E-state index in [-0.39, 0.29) is 0 Å². The van der Waals surface area contributed by atoms with Crippen molar-refractivity contribution in [3.8, 4) is 0 Å². The van der Waals surface area contributed by atoms with Gasteiger partial charge in [0.15, 0.2) is 0 Å². The van der Waals surface area contributed by atoms with E-state index in [2.05, 4.69) is 75.2 Å². The highest BCUT2D eigenvalue weighted by molar-refractivity contribution is 5.90. The van der Waals surface area contributed by atoms with Gasteiger partial charge in [-0.05, 0) is 48.8 Å². The predicted molar refractivity (Wildman–Crippen MR) is 98.9 cm³/mol. The van der Waals surface area contributed by atoms with Crippen LogP contribution in [0, 0.1) is 5.92 Å². The van der Waals surface area contributed by atoms with E-state index in [0.29, 0.717) is 5.92 Å². The van der Waals surface area contributed by atoms with Crippen molar-refractivity contribution >= 4 is 17.1 Å². The zero-order valence-electron chi connectivity index (χ0n) is 14.9. The largest absolute Gasteiger partial charge is 0.307 e. The molecule has 124 valence electrons. The van der Waals surface area contributed by atoms with Crippen LogP contribution >= 0.6 is 0 Å². The lowest BCUT2D eigenvalue weighted by molar-refractivity contribution is -0.114. The summed E-state index contributed by atoms with van der Waals surface area (Å²) in [6.45, 7) is 8.48. The first-order valence-electron chi connectivity index (χ1n) is 8.72. The fraction of sp³-hybridized carbons (Fsp3) is 0.476. The smallest absolute Gasteiger partial charge is 0.130 e. The molecule has 0 fully saturated rings. The quantitative estimate of drug-likeness (QED) is 0.661. The highest BCUT2D eigenvalue weighted by Crippen LogP contribution is 2.39. The van der Waals surface area contributed by atoms with E-state index in [0.717, 1.165) is 25.9 Å². The second-order valence-corrected chi connectivity index (χ2v) is 6.64. The normalized spacial score (nSPS) is 15.5. The van der Waals surface area contributed by atoms with Gasteiger partial charge >= 0.3 is 0 Å². The second-order valence-electron chi connectivity index (χ2n) is 6.64. The van der Waals surface area contributed by atoms with Crippen molar-refractivity contribution in [1.82, 2.24) is 4.90 Å². The maximum atomic E-state index is 12.4. The van der Waals surface area contributed by atoms with Crippen LogP contribution in [0.15, 0.2) is 42.5 Å². The van der Waals surface area contributed by atoms with Crippen molar-refractivity contribution < 1.29 is 4.79 Å². The summed E-state index contributed by atoms with van der Waals surface area (Å²) in [5.41, 5.74) is 0.767. The molecule has 2 aromatic rings. The molecular weight excluding hydrogens is 282 g/mol. The van der Waals surface area contributed by atoms with Gasteiger partial charge in [-0.1, -0.05) is 69.7 Å². The number of hydrogen-bond acceptors (Lipinski definition) is 2. The highest BCUT2D eigenvalue weighted by Gasteiger charge is 2.38.